The molecule has 0 bridgehead atoms. The average Bonchev–Trinajstić information content (AvgIpc) is 3.12. The molecule has 0 aliphatic carbocycles. The second-order valence-electron chi connectivity index (χ2n) is 5.99. The Balaban J connectivity index is 0.00000300. The van der Waals surface area contributed by atoms with Crippen LogP contribution in [0.3, 0.4) is 0 Å². The van der Waals surface area contributed by atoms with Crippen molar-refractivity contribution in [2.24, 2.45) is 7.05 Å². The monoisotopic (exact) mass is 455 g/mol. The van der Waals surface area contributed by atoms with Crippen LogP contribution < -0.4 is 14.8 Å². The zero-order chi connectivity index (χ0) is 19.8. The van der Waals surface area contributed by atoms with Crippen LogP contribution in [0, 0.1) is 0 Å². The van der Waals surface area contributed by atoms with Gasteiger partial charge in [0.15, 0.2) is 11.5 Å². The first-order chi connectivity index (χ1) is 13.7. The van der Waals surface area contributed by atoms with Crippen LogP contribution >= 0.6 is 35.8 Å². The number of hydrogen-bond acceptors (Lipinski definition) is 7. The number of nitrogens with zero attached hydrogens (tertiary/aromatic N) is 4. The van der Waals surface area contributed by atoms with E-state index in [9.17, 15) is 0 Å². The van der Waals surface area contributed by atoms with Crippen molar-refractivity contribution in [1.82, 2.24) is 25.5 Å². The Hall–Kier alpha value is -2.00. The van der Waals surface area contributed by atoms with Crippen LogP contribution in [0.4, 0.5) is 0 Å². The number of rotatable bonds is 10. The van der Waals surface area contributed by atoms with E-state index in [1.165, 1.54) is 0 Å². The summed E-state index contributed by atoms with van der Waals surface area (Å²) >= 11 is 8.04. The Bertz CT molecular complexity index is 896. The van der Waals surface area contributed by atoms with Crippen molar-refractivity contribution in [3.63, 3.8) is 0 Å². The van der Waals surface area contributed by atoms with E-state index >= 15 is 0 Å². The molecular formula is C19H23Cl2N5O2S. The van der Waals surface area contributed by atoms with E-state index < -0.39 is 0 Å². The van der Waals surface area contributed by atoms with Gasteiger partial charge in [0.2, 0.25) is 5.16 Å². The molecule has 3 rings (SSSR count). The lowest BCUT2D eigenvalue weighted by Crippen LogP contribution is -2.17. The molecule has 7 nitrogen and oxygen atoms in total. The molecule has 0 saturated carbocycles. The second-order valence-corrected chi connectivity index (χ2v) is 7.46. The SMILES string of the molecule is COc1cc(CNCCSc2nnnn2C)cc(Cl)c1OCc1ccccc1.Cl. The quantitative estimate of drug-likeness (QED) is 0.368. The molecular weight excluding hydrogens is 433 g/mol. The van der Waals surface area contributed by atoms with E-state index in [0.29, 0.717) is 29.7 Å². The Labute approximate surface area is 185 Å². The molecule has 0 aliphatic heterocycles. The second kappa shape index (κ2) is 11.9. The predicted molar refractivity (Wildman–Crippen MR) is 117 cm³/mol. The van der Waals surface area contributed by atoms with Gasteiger partial charge < -0.3 is 14.8 Å². The van der Waals surface area contributed by atoms with E-state index in [1.807, 2.05) is 49.5 Å². The van der Waals surface area contributed by atoms with Crippen LogP contribution in [0.1, 0.15) is 11.1 Å². The molecule has 2 aromatic carbocycles. The number of thioether (sulfide) groups is 1. The van der Waals surface area contributed by atoms with Gasteiger partial charge in [-0.1, -0.05) is 53.7 Å². The molecule has 10 heteroatoms. The Morgan fingerprint density at radius 3 is 2.66 bits per heavy atom. The molecule has 156 valence electrons. The van der Waals surface area contributed by atoms with Gasteiger partial charge >= 0.3 is 0 Å². The third-order valence-electron chi connectivity index (χ3n) is 3.94. The maximum Gasteiger partial charge on any atom is 0.209 e. The molecule has 0 amide bonds. The highest BCUT2D eigenvalue weighted by molar-refractivity contribution is 7.99. The van der Waals surface area contributed by atoms with E-state index in [2.05, 4.69) is 20.8 Å². The zero-order valence-electron chi connectivity index (χ0n) is 16.2. The minimum Gasteiger partial charge on any atom is -0.493 e. The fraction of sp³-hybridized carbons (Fsp3) is 0.316. The minimum absolute atomic E-state index is 0. The maximum absolute atomic E-state index is 6.44. The van der Waals surface area contributed by atoms with Crippen LogP contribution in [0.25, 0.3) is 0 Å². The molecule has 0 radical (unpaired) electrons. The highest BCUT2D eigenvalue weighted by Gasteiger charge is 2.12. The number of ether oxygens (including phenoxy) is 2. The minimum atomic E-state index is 0. The van der Waals surface area contributed by atoms with Crippen LogP contribution in [0.15, 0.2) is 47.6 Å². The molecule has 29 heavy (non-hydrogen) atoms. The molecule has 0 unspecified atom stereocenters. The van der Waals surface area contributed by atoms with Crippen molar-refractivity contribution in [3.05, 3.63) is 58.6 Å². The summed E-state index contributed by atoms with van der Waals surface area (Å²) in [6.07, 6.45) is 0. The predicted octanol–water partition coefficient (Wildman–Crippen LogP) is 3.75. The first kappa shape index (κ1) is 23.3. The van der Waals surface area contributed by atoms with E-state index in [1.54, 1.807) is 23.6 Å². The number of nitrogens with one attached hydrogen (secondary N) is 1. The van der Waals surface area contributed by atoms with Gasteiger partial charge in [0.25, 0.3) is 0 Å². The van der Waals surface area contributed by atoms with Gasteiger partial charge in [-0.3, -0.25) is 0 Å². The molecule has 0 fully saturated rings. The number of benzene rings is 2. The van der Waals surface area contributed by atoms with Gasteiger partial charge in [0.1, 0.15) is 6.61 Å². The van der Waals surface area contributed by atoms with Gasteiger partial charge in [-0.2, -0.15) is 0 Å². The Morgan fingerprint density at radius 2 is 1.97 bits per heavy atom. The van der Waals surface area contributed by atoms with Crippen molar-refractivity contribution in [2.75, 3.05) is 19.4 Å². The largest absolute Gasteiger partial charge is 0.493 e. The van der Waals surface area contributed by atoms with Gasteiger partial charge in [0.05, 0.1) is 12.1 Å². The van der Waals surface area contributed by atoms with Crippen molar-refractivity contribution in [1.29, 1.82) is 0 Å². The highest BCUT2D eigenvalue weighted by Crippen LogP contribution is 2.37. The van der Waals surface area contributed by atoms with E-state index in [0.717, 1.165) is 28.6 Å². The summed E-state index contributed by atoms with van der Waals surface area (Å²) in [5.74, 6) is 2.04. The summed E-state index contributed by atoms with van der Waals surface area (Å²) in [6, 6.07) is 13.8. The van der Waals surface area contributed by atoms with E-state index in [4.69, 9.17) is 21.1 Å². The standard InChI is InChI=1S/C19H22ClN5O2S.ClH/c1-25-19(22-23-24-25)28-9-8-21-12-15-10-16(20)18(17(11-15)26-2)27-13-14-6-4-3-5-7-14;/h3-7,10-11,21H,8-9,12-13H2,1-2H3;1H. The van der Waals surface area contributed by atoms with Crippen molar-refractivity contribution in [3.8, 4) is 11.5 Å². The maximum atomic E-state index is 6.44. The number of tetrazole rings is 1. The number of aryl methyl sites for hydroxylation is 1. The molecule has 3 aromatic rings. The van der Waals surface area contributed by atoms with Crippen molar-refractivity contribution in [2.45, 2.75) is 18.3 Å². The Kier molecular flexibility index (Phi) is 9.53. The summed E-state index contributed by atoms with van der Waals surface area (Å²) < 4.78 is 13.0. The lowest BCUT2D eigenvalue weighted by Gasteiger charge is -2.14. The molecule has 0 aliphatic rings. The normalized spacial score (nSPS) is 10.4. The number of methoxy groups -OCH3 is 1. The van der Waals surface area contributed by atoms with Crippen molar-refractivity contribution >= 4 is 35.8 Å². The van der Waals surface area contributed by atoms with Crippen LogP contribution in [-0.2, 0) is 20.2 Å². The molecule has 1 heterocycles. The van der Waals surface area contributed by atoms with Gasteiger partial charge in [-0.05, 0) is 33.7 Å². The zero-order valence-corrected chi connectivity index (χ0v) is 18.6. The molecule has 1 aromatic heterocycles. The molecule has 0 atom stereocenters. The van der Waals surface area contributed by atoms with Gasteiger partial charge in [-0.15, -0.1) is 17.5 Å². The molecule has 0 saturated heterocycles. The number of aromatic nitrogens is 4. The van der Waals surface area contributed by atoms with Crippen LogP contribution in [-0.4, -0.2) is 39.6 Å². The summed E-state index contributed by atoms with van der Waals surface area (Å²) in [5.41, 5.74) is 2.10. The lowest BCUT2D eigenvalue weighted by molar-refractivity contribution is 0.284. The topological polar surface area (TPSA) is 74.1 Å². The Morgan fingerprint density at radius 1 is 1.17 bits per heavy atom. The van der Waals surface area contributed by atoms with Crippen molar-refractivity contribution < 1.29 is 9.47 Å². The average molecular weight is 456 g/mol. The van der Waals surface area contributed by atoms with Crippen LogP contribution in [0.5, 0.6) is 11.5 Å². The van der Waals surface area contributed by atoms with Gasteiger partial charge in [0, 0.05) is 25.9 Å². The highest BCUT2D eigenvalue weighted by atomic mass is 35.5. The summed E-state index contributed by atoms with van der Waals surface area (Å²) in [7, 11) is 3.44. The lowest BCUT2D eigenvalue weighted by atomic mass is 10.2. The van der Waals surface area contributed by atoms with Crippen LogP contribution in [0.2, 0.25) is 5.02 Å². The smallest absolute Gasteiger partial charge is 0.209 e. The third kappa shape index (κ3) is 6.78. The molecule has 1 N–H and O–H groups in total. The summed E-state index contributed by atoms with van der Waals surface area (Å²) in [4.78, 5) is 0. The van der Waals surface area contributed by atoms with E-state index in [-0.39, 0.29) is 12.4 Å². The fourth-order valence-corrected chi connectivity index (χ4v) is 3.57. The summed E-state index contributed by atoms with van der Waals surface area (Å²) in [6.45, 7) is 1.92. The van der Waals surface area contributed by atoms with Gasteiger partial charge in [-0.25, -0.2) is 4.68 Å². The third-order valence-corrected chi connectivity index (χ3v) is 5.23. The first-order valence-electron chi connectivity index (χ1n) is 8.76. The summed E-state index contributed by atoms with van der Waals surface area (Å²) in [5, 5.41) is 16.1. The first-order valence-corrected chi connectivity index (χ1v) is 10.1. The fourth-order valence-electron chi connectivity index (χ4n) is 2.54. The number of halogens is 2. The number of hydrogen-bond donors (Lipinski definition) is 1. The molecule has 0 spiro atoms.